The normalized spacial score (nSPS) is 32.9. The first-order valence-corrected chi connectivity index (χ1v) is 12.1. The van der Waals surface area contributed by atoms with Crippen molar-refractivity contribution in [2.24, 2.45) is 29.1 Å². The number of amides is 2. The Labute approximate surface area is 188 Å². The summed E-state index contributed by atoms with van der Waals surface area (Å²) < 4.78 is 0. The summed E-state index contributed by atoms with van der Waals surface area (Å²) in [7, 11) is 1.72. The molecule has 7 heteroatoms. The smallest absolute Gasteiger partial charge is 0.229 e. The summed E-state index contributed by atoms with van der Waals surface area (Å²) in [4.78, 5) is 32.6. The zero-order valence-electron chi connectivity index (χ0n) is 18.9. The van der Waals surface area contributed by atoms with Crippen molar-refractivity contribution in [1.82, 2.24) is 9.88 Å². The van der Waals surface area contributed by atoms with Crippen molar-refractivity contribution in [2.75, 3.05) is 18.9 Å². The molecule has 0 saturated heterocycles. The van der Waals surface area contributed by atoms with Crippen LogP contribution >= 0.6 is 11.3 Å². The van der Waals surface area contributed by atoms with E-state index in [4.69, 9.17) is 11.4 Å². The average Bonchev–Trinajstić information content (AvgIpc) is 3.49. The molecule has 0 bridgehead atoms. The van der Waals surface area contributed by atoms with Crippen molar-refractivity contribution < 1.29 is 14.7 Å². The maximum absolute atomic E-state index is 12.8. The van der Waals surface area contributed by atoms with Gasteiger partial charge in [-0.1, -0.05) is 26.7 Å². The number of aromatic nitrogens is 1. The highest BCUT2D eigenvalue weighted by Gasteiger charge is 2.54. The van der Waals surface area contributed by atoms with Crippen molar-refractivity contribution in [3.63, 3.8) is 0 Å². The fourth-order valence-corrected chi connectivity index (χ4v) is 7.17. The number of carbonyl (C=O) groups excluding carboxylic acids is 2. The summed E-state index contributed by atoms with van der Waals surface area (Å²) in [5, 5.41) is 15.2. The molecule has 6 atom stereocenters. The first-order chi connectivity index (χ1) is 14.7. The Bertz CT molecular complexity index is 918. The number of anilines is 1. The van der Waals surface area contributed by atoms with Gasteiger partial charge in [0.15, 0.2) is 5.13 Å². The van der Waals surface area contributed by atoms with Gasteiger partial charge in [0.2, 0.25) is 11.8 Å². The average molecular weight is 444 g/mol. The molecule has 0 radical (unpaired) electrons. The summed E-state index contributed by atoms with van der Waals surface area (Å²) in [5.74, 6) is 2.45. The van der Waals surface area contributed by atoms with Crippen LogP contribution in [0.2, 0.25) is 0 Å². The predicted molar refractivity (Wildman–Crippen MR) is 122 cm³/mol. The third-order valence-electron chi connectivity index (χ3n) is 7.84. The van der Waals surface area contributed by atoms with Crippen molar-refractivity contribution >= 4 is 28.3 Å². The number of fused-ring (bicyclic) bond motifs is 2. The van der Waals surface area contributed by atoms with Crippen LogP contribution < -0.4 is 5.32 Å². The van der Waals surface area contributed by atoms with Gasteiger partial charge in [-0.25, -0.2) is 4.98 Å². The zero-order chi connectivity index (χ0) is 22.5. The molecule has 31 heavy (non-hydrogen) atoms. The van der Waals surface area contributed by atoms with Crippen LogP contribution in [0.4, 0.5) is 5.13 Å². The van der Waals surface area contributed by atoms with E-state index >= 15 is 0 Å². The maximum Gasteiger partial charge on any atom is 0.229 e. The van der Waals surface area contributed by atoms with Crippen LogP contribution in [0.1, 0.15) is 62.9 Å². The van der Waals surface area contributed by atoms with Crippen molar-refractivity contribution in [2.45, 2.75) is 64.9 Å². The van der Waals surface area contributed by atoms with E-state index in [9.17, 15) is 14.7 Å². The minimum atomic E-state index is -0.578. The highest BCUT2D eigenvalue weighted by Crippen LogP contribution is 2.57. The summed E-state index contributed by atoms with van der Waals surface area (Å²) in [6.07, 6.45) is 9.36. The van der Waals surface area contributed by atoms with E-state index in [1.54, 1.807) is 23.3 Å². The number of nitrogens with one attached hydrogen (secondary N) is 1. The zero-order valence-corrected chi connectivity index (χ0v) is 19.7. The van der Waals surface area contributed by atoms with Gasteiger partial charge >= 0.3 is 0 Å². The van der Waals surface area contributed by atoms with E-state index in [2.05, 4.69) is 25.1 Å². The van der Waals surface area contributed by atoms with E-state index in [-0.39, 0.29) is 53.4 Å². The van der Waals surface area contributed by atoms with Crippen LogP contribution in [0.25, 0.3) is 0 Å². The molecular formula is C24H33N3O3S. The largest absolute Gasteiger partial charge is 0.392 e. The lowest BCUT2D eigenvalue weighted by molar-refractivity contribution is -0.142. The number of hydrogen-bond donors (Lipinski definition) is 2. The van der Waals surface area contributed by atoms with Gasteiger partial charge in [-0.3, -0.25) is 9.59 Å². The highest BCUT2D eigenvalue weighted by atomic mass is 32.1. The third kappa shape index (κ3) is 4.01. The Kier molecular flexibility index (Phi) is 5.91. The van der Waals surface area contributed by atoms with Gasteiger partial charge in [0, 0.05) is 29.7 Å². The molecule has 2 amide bonds. The van der Waals surface area contributed by atoms with Crippen molar-refractivity contribution in [3.8, 4) is 12.3 Å². The summed E-state index contributed by atoms with van der Waals surface area (Å²) in [6.45, 7) is 6.59. The number of aliphatic hydroxyl groups is 1. The minimum absolute atomic E-state index is 0.00603. The molecule has 1 aromatic rings. The Balaban J connectivity index is 1.55. The Morgan fingerprint density at radius 3 is 2.77 bits per heavy atom. The first kappa shape index (κ1) is 22.3. The lowest BCUT2D eigenvalue weighted by Crippen LogP contribution is -2.53. The molecule has 0 unspecified atom stereocenters. The molecule has 0 spiro atoms. The summed E-state index contributed by atoms with van der Waals surface area (Å²) >= 11 is 1.59. The van der Waals surface area contributed by atoms with Gasteiger partial charge < -0.3 is 15.3 Å². The molecule has 2 saturated carbocycles. The number of terminal acetylenes is 1. The molecule has 0 aromatic carbocycles. The molecule has 6 nitrogen and oxygen atoms in total. The Morgan fingerprint density at radius 1 is 1.42 bits per heavy atom. The second-order valence-corrected chi connectivity index (χ2v) is 11.2. The molecule has 168 valence electrons. The highest BCUT2D eigenvalue weighted by molar-refractivity contribution is 7.15. The second-order valence-electron chi connectivity index (χ2n) is 10.1. The van der Waals surface area contributed by atoms with Crippen molar-refractivity contribution in [3.05, 3.63) is 10.6 Å². The quantitative estimate of drug-likeness (QED) is 0.685. The number of thiazole rings is 1. The fraction of sp³-hybridized carbons (Fsp3) is 0.708. The summed E-state index contributed by atoms with van der Waals surface area (Å²) in [6, 6.07) is 0. The van der Waals surface area contributed by atoms with Crippen molar-refractivity contribution in [1.29, 1.82) is 0 Å². The Hall–Kier alpha value is -1.91. The number of nitrogens with zero attached hydrogens (tertiary/aromatic N) is 2. The molecule has 1 aromatic heterocycles. The van der Waals surface area contributed by atoms with E-state index in [0.29, 0.717) is 5.13 Å². The molecule has 2 N–H and O–H groups in total. The number of aliphatic hydroxyl groups excluding tert-OH is 1. The maximum atomic E-state index is 12.8. The topological polar surface area (TPSA) is 82.5 Å². The van der Waals surface area contributed by atoms with Gasteiger partial charge in [0.25, 0.3) is 0 Å². The molecule has 1 heterocycles. The van der Waals surface area contributed by atoms with Gasteiger partial charge in [-0.05, 0) is 49.4 Å². The summed E-state index contributed by atoms with van der Waals surface area (Å²) in [5.41, 5.74) is 0.960. The third-order valence-corrected chi connectivity index (χ3v) is 8.82. The second kappa shape index (κ2) is 8.22. The molecule has 3 aliphatic rings. The fourth-order valence-electron chi connectivity index (χ4n) is 5.90. The van der Waals surface area contributed by atoms with E-state index in [1.807, 2.05) is 6.92 Å². The van der Waals surface area contributed by atoms with Gasteiger partial charge in [0.05, 0.1) is 18.3 Å². The number of carbonyl (C=O) groups is 2. The lowest BCUT2D eigenvalue weighted by atomic mass is 9.53. The van der Waals surface area contributed by atoms with E-state index in [1.165, 1.54) is 4.88 Å². The van der Waals surface area contributed by atoms with Crippen LogP contribution in [-0.4, -0.2) is 46.5 Å². The van der Waals surface area contributed by atoms with Crippen LogP contribution in [0.15, 0.2) is 0 Å². The van der Waals surface area contributed by atoms with Gasteiger partial charge in [0.1, 0.15) is 0 Å². The molecule has 0 aliphatic heterocycles. The minimum Gasteiger partial charge on any atom is -0.392 e. The molecule has 2 fully saturated rings. The van der Waals surface area contributed by atoms with Crippen LogP contribution in [-0.2, 0) is 16.0 Å². The molecule has 3 aliphatic carbocycles. The monoisotopic (exact) mass is 443 g/mol. The van der Waals surface area contributed by atoms with Gasteiger partial charge in [-0.2, -0.15) is 0 Å². The number of hydrogen-bond acceptors (Lipinski definition) is 5. The van der Waals surface area contributed by atoms with Crippen LogP contribution in [0.3, 0.4) is 0 Å². The van der Waals surface area contributed by atoms with Crippen LogP contribution in [0, 0.1) is 41.4 Å². The standard InChI is InChI=1S/C24H33N3O3S/c1-6-11-27(5)22(30)13(2)16-9-10-24(4)12-17-19(14(3)18(24)20(16)28)25-23(31-17)26-21(29)15-7-8-15/h1,13-16,18,20,28H,7-12H2,2-5H3,(H,25,26,29)/t13-,14+,16+,18+,20-,24+/m0/s1. The number of rotatable bonds is 5. The SMILES string of the molecule is C#CCN(C)C(=O)[C@@H](C)[C@H]1CC[C@]2(C)Cc3sc(NC(=O)C4CC4)nc3[C@H](C)[C@@H]2[C@H]1O. The van der Waals surface area contributed by atoms with E-state index in [0.717, 1.165) is 37.8 Å². The Morgan fingerprint density at radius 2 is 2.13 bits per heavy atom. The van der Waals surface area contributed by atoms with E-state index < -0.39 is 6.10 Å². The molecule has 4 rings (SSSR count). The first-order valence-electron chi connectivity index (χ1n) is 11.3. The van der Waals surface area contributed by atoms with Gasteiger partial charge in [-0.15, -0.1) is 17.8 Å². The molecular weight excluding hydrogens is 410 g/mol. The lowest BCUT2D eigenvalue weighted by Gasteiger charge is -2.53. The van der Waals surface area contributed by atoms with Crippen LogP contribution in [0.5, 0.6) is 0 Å². The predicted octanol–water partition coefficient (Wildman–Crippen LogP) is 3.27.